The minimum atomic E-state index is -0.345. The minimum Gasteiger partial charge on any atom is -0.353 e. The first-order chi connectivity index (χ1) is 11.9. The highest BCUT2D eigenvalue weighted by molar-refractivity contribution is 7.22. The quantitative estimate of drug-likeness (QED) is 0.733. The summed E-state index contributed by atoms with van der Waals surface area (Å²) in [6.45, 7) is 5.23. The molecule has 0 saturated carbocycles. The van der Waals surface area contributed by atoms with Crippen molar-refractivity contribution >= 4 is 32.6 Å². The van der Waals surface area contributed by atoms with Gasteiger partial charge in [-0.2, -0.15) is 5.10 Å². The molecule has 0 fully saturated rings. The molecule has 0 aliphatic carbocycles. The topological polar surface area (TPSA) is 63.1 Å². The smallest absolute Gasteiger partial charge is 0.239 e. The monoisotopic (exact) mass is 361 g/mol. The molecule has 1 amide bonds. The molecule has 1 aromatic carbocycles. The molecule has 25 heavy (non-hydrogen) atoms. The molecule has 8 heteroatoms. The molecular formula is C17H20FN5OS. The molecule has 0 saturated heterocycles. The summed E-state index contributed by atoms with van der Waals surface area (Å²) in [5.74, 6) is -0.452. The van der Waals surface area contributed by atoms with Gasteiger partial charge in [-0.3, -0.25) is 9.48 Å². The lowest BCUT2D eigenvalue weighted by molar-refractivity contribution is -0.119. The predicted molar refractivity (Wildman–Crippen MR) is 97.6 cm³/mol. The number of hydrogen-bond acceptors (Lipinski definition) is 5. The Kier molecular flexibility index (Phi) is 4.98. The Bertz CT molecular complexity index is 904. The molecule has 0 unspecified atom stereocenters. The molecule has 0 radical (unpaired) electrons. The van der Waals surface area contributed by atoms with Crippen molar-refractivity contribution < 1.29 is 9.18 Å². The maximum Gasteiger partial charge on any atom is 0.239 e. The molecule has 2 heterocycles. The Hall–Kier alpha value is -2.48. The van der Waals surface area contributed by atoms with E-state index in [9.17, 15) is 9.18 Å². The molecule has 1 N–H and O–H groups in total. The van der Waals surface area contributed by atoms with Crippen LogP contribution >= 0.6 is 11.3 Å². The van der Waals surface area contributed by atoms with E-state index in [1.165, 1.54) is 17.4 Å². The number of nitrogens with zero attached hydrogens (tertiary/aromatic N) is 4. The highest BCUT2D eigenvalue weighted by Crippen LogP contribution is 2.29. The second kappa shape index (κ2) is 7.18. The molecule has 0 spiro atoms. The fourth-order valence-electron chi connectivity index (χ4n) is 2.61. The first-order valence-electron chi connectivity index (χ1n) is 7.98. The average Bonchev–Trinajstić information content (AvgIpc) is 3.12. The summed E-state index contributed by atoms with van der Waals surface area (Å²) in [6, 6.07) is 6.87. The van der Waals surface area contributed by atoms with Crippen molar-refractivity contribution in [1.82, 2.24) is 20.1 Å². The van der Waals surface area contributed by atoms with Crippen LogP contribution in [0.3, 0.4) is 0 Å². The number of thiazole rings is 1. The second-order valence-electron chi connectivity index (χ2n) is 5.94. The number of rotatable bonds is 6. The summed E-state index contributed by atoms with van der Waals surface area (Å²) in [6.07, 6.45) is 0. The number of halogens is 1. The van der Waals surface area contributed by atoms with E-state index < -0.39 is 0 Å². The van der Waals surface area contributed by atoms with Gasteiger partial charge in [-0.05, 0) is 32.0 Å². The summed E-state index contributed by atoms with van der Waals surface area (Å²) in [4.78, 5) is 18.1. The highest BCUT2D eigenvalue weighted by atomic mass is 32.1. The number of anilines is 1. The third-order valence-electron chi connectivity index (χ3n) is 3.81. The molecule has 6 nitrogen and oxygen atoms in total. The van der Waals surface area contributed by atoms with E-state index in [0.29, 0.717) is 23.7 Å². The Morgan fingerprint density at radius 3 is 2.88 bits per heavy atom. The van der Waals surface area contributed by atoms with Gasteiger partial charge in [-0.15, -0.1) is 0 Å². The maximum atomic E-state index is 13.7. The van der Waals surface area contributed by atoms with Gasteiger partial charge < -0.3 is 10.2 Å². The lowest BCUT2D eigenvalue weighted by Crippen LogP contribution is -2.36. The number of benzene rings is 1. The van der Waals surface area contributed by atoms with E-state index >= 15 is 0 Å². The first kappa shape index (κ1) is 17.3. The number of aryl methyl sites for hydroxylation is 2. The number of likely N-dealkylation sites (N-methyl/N-ethyl adjacent to an activating group) is 1. The van der Waals surface area contributed by atoms with Crippen molar-refractivity contribution in [3.8, 4) is 0 Å². The van der Waals surface area contributed by atoms with Crippen molar-refractivity contribution in [3.63, 3.8) is 0 Å². The van der Waals surface area contributed by atoms with Crippen LogP contribution in [0, 0.1) is 19.7 Å². The van der Waals surface area contributed by atoms with Crippen molar-refractivity contribution in [3.05, 3.63) is 41.5 Å². The van der Waals surface area contributed by atoms with Crippen LogP contribution in [0.2, 0.25) is 0 Å². The van der Waals surface area contributed by atoms with Gasteiger partial charge in [0.05, 0.1) is 23.5 Å². The third kappa shape index (κ3) is 3.96. The molecule has 0 atom stereocenters. The number of hydrogen-bond donors (Lipinski definition) is 1. The fourth-order valence-corrected chi connectivity index (χ4v) is 3.55. The fraction of sp³-hybridized carbons (Fsp3) is 0.353. The molecular weight excluding hydrogens is 341 g/mol. The lowest BCUT2D eigenvalue weighted by atomic mass is 10.3. The van der Waals surface area contributed by atoms with Crippen LogP contribution in [-0.2, 0) is 11.3 Å². The highest BCUT2D eigenvalue weighted by Gasteiger charge is 2.14. The maximum absolute atomic E-state index is 13.7. The number of nitrogens with one attached hydrogen (secondary N) is 1. The Labute approximate surface area is 149 Å². The SMILES string of the molecule is Cc1cc(C)n(CCNC(=O)CN(C)c2nc3c(F)cccc3s2)n1. The summed E-state index contributed by atoms with van der Waals surface area (Å²) in [5, 5.41) is 7.85. The number of carbonyl (C=O) groups is 1. The van der Waals surface area contributed by atoms with Crippen LogP contribution in [0.5, 0.6) is 0 Å². The largest absolute Gasteiger partial charge is 0.353 e. The molecule has 0 aliphatic rings. The minimum absolute atomic E-state index is 0.108. The molecule has 3 aromatic rings. The predicted octanol–water partition coefficient (Wildman–Crippen LogP) is 2.50. The second-order valence-corrected chi connectivity index (χ2v) is 6.95. The lowest BCUT2D eigenvalue weighted by Gasteiger charge is -2.15. The van der Waals surface area contributed by atoms with Gasteiger partial charge in [-0.1, -0.05) is 17.4 Å². The Morgan fingerprint density at radius 2 is 2.20 bits per heavy atom. The molecule has 0 bridgehead atoms. The van der Waals surface area contributed by atoms with Gasteiger partial charge in [-0.25, -0.2) is 9.37 Å². The van der Waals surface area contributed by atoms with Crippen molar-refractivity contribution in [1.29, 1.82) is 0 Å². The van der Waals surface area contributed by atoms with Gasteiger partial charge >= 0.3 is 0 Å². The number of aromatic nitrogens is 3. The van der Waals surface area contributed by atoms with Gasteiger partial charge in [0.15, 0.2) is 5.13 Å². The first-order valence-corrected chi connectivity index (χ1v) is 8.79. The number of fused-ring (bicyclic) bond motifs is 1. The van der Waals surface area contributed by atoms with Gasteiger partial charge in [0, 0.05) is 19.3 Å². The molecule has 132 valence electrons. The third-order valence-corrected chi connectivity index (χ3v) is 4.95. The zero-order valence-corrected chi connectivity index (χ0v) is 15.2. The van der Waals surface area contributed by atoms with E-state index in [1.54, 1.807) is 18.0 Å². The van der Waals surface area contributed by atoms with E-state index in [-0.39, 0.29) is 18.3 Å². The summed E-state index contributed by atoms with van der Waals surface area (Å²) >= 11 is 1.37. The number of amides is 1. The summed E-state index contributed by atoms with van der Waals surface area (Å²) in [7, 11) is 1.77. The summed E-state index contributed by atoms with van der Waals surface area (Å²) < 4.78 is 16.4. The van der Waals surface area contributed by atoms with Gasteiger partial charge in [0.2, 0.25) is 5.91 Å². The Morgan fingerprint density at radius 1 is 1.40 bits per heavy atom. The number of para-hydroxylation sites is 1. The van der Waals surface area contributed by atoms with Crippen LogP contribution < -0.4 is 10.2 Å². The zero-order chi connectivity index (χ0) is 18.0. The standard InChI is InChI=1S/C17H20FN5OS/c1-11-9-12(2)23(21-11)8-7-19-15(24)10-22(3)17-20-16-13(18)5-4-6-14(16)25-17/h4-6,9H,7-8,10H2,1-3H3,(H,19,24). The summed E-state index contributed by atoms with van der Waals surface area (Å²) in [5.41, 5.74) is 2.38. The van der Waals surface area contributed by atoms with Crippen LogP contribution in [-0.4, -0.2) is 40.8 Å². The number of carbonyl (C=O) groups excluding carboxylic acids is 1. The average molecular weight is 361 g/mol. The van der Waals surface area contributed by atoms with E-state index in [0.717, 1.165) is 16.1 Å². The van der Waals surface area contributed by atoms with E-state index in [2.05, 4.69) is 15.4 Å². The van der Waals surface area contributed by atoms with Crippen molar-refractivity contribution in [2.75, 3.05) is 25.0 Å². The zero-order valence-electron chi connectivity index (χ0n) is 14.4. The van der Waals surface area contributed by atoms with Crippen LogP contribution in [0.25, 0.3) is 10.2 Å². The molecule has 2 aromatic heterocycles. The normalized spacial score (nSPS) is 11.0. The van der Waals surface area contributed by atoms with Crippen molar-refractivity contribution in [2.24, 2.45) is 0 Å². The van der Waals surface area contributed by atoms with Crippen molar-refractivity contribution in [2.45, 2.75) is 20.4 Å². The van der Waals surface area contributed by atoms with E-state index in [4.69, 9.17) is 0 Å². The molecule has 0 aliphatic heterocycles. The molecule has 3 rings (SSSR count). The van der Waals surface area contributed by atoms with Crippen LogP contribution in [0.1, 0.15) is 11.4 Å². The van der Waals surface area contributed by atoms with Gasteiger partial charge in [0.1, 0.15) is 11.3 Å². The van der Waals surface area contributed by atoms with Crippen LogP contribution in [0.15, 0.2) is 24.3 Å². The van der Waals surface area contributed by atoms with E-state index in [1.807, 2.05) is 30.7 Å². The Balaban J connectivity index is 1.54. The van der Waals surface area contributed by atoms with Gasteiger partial charge in [0.25, 0.3) is 0 Å². The van der Waals surface area contributed by atoms with Crippen LogP contribution in [0.4, 0.5) is 9.52 Å².